The molecular weight excluding hydrogens is 564 g/mol. The summed E-state index contributed by atoms with van der Waals surface area (Å²) in [6.07, 6.45) is 3.83. The predicted octanol–water partition coefficient (Wildman–Crippen LogP) is 4.41. The number of pyridine rings is 1. The fourth-order valence-electron chi connectivity index (χ4n) is 4.65. The van der Waals surface area contributed by atoms with Gasteiger partial charge in [-0.05, 0) is 65.1 Å². The fourth-order valence-corrected chi connectivity index (χ4v) is 5.69. The number of amides is 2. The molecule has 224 valence electrons. The van der Waals surface area contributed by atoms with E-state index in [1.54, 1.807) is 43.5 Å². The normalized spacial score (nSPS) is 11.9. The van der Waals surface area contributed by atoms with Gasteiger partial charge in [-0.15, -0.1) is 0 Å². The lowest BCUT2D eigenvalue weighted by molar-refractivity contribution is -0.141. The van der Waals surface area contributed by atoms with Crippen LogP contribution in [-0.2, 0) is 39.1 Å². The molecule has 1 heterocycles. The maximum atomic E-state index is 14.0. The van der Waals surface area contributed by atoms with Gasteiger partial charge in [0.1, 0.15) is 11.8 Å². The molecule has 0 aliphatic rings. The predicted molar refractivity (Wildman–Crippen MR) is 164 cm³/mol. The molecule has 1 atom stereocenters. The summed E-state index contributed by atoms with van der Waals surface area (Å²) in [6.45, 7) is 2.50. The topological polar surface area (TPSA) is 118 Å². The van der Waals surface area contributed by atoms with Crippen LogP contribution in [0.4, 0.5) is 0 Å². The second-order valence-corrected chi connectivity index (χ2v) is 11.7. The summed E-state index contributed by atoms with van der Waals surface area (Å²) in [5.41, 5.74) is 3.24. The van der Waals surface area contributed by atoms with Gasteiger partial charge in [0, 0.05) is 38.4 Å². The van der Waals surface area contributed by atoms with E-state index in [1.165, 1.54) is 12.1 Å². The Morgan fingerprint density at radius 2 is 1.51 bits per heavy atom. The molecule has 3 aromatic carbocycles. The summed E-state index contributed by atoms with van der Waals surface area (Å²) in [4.78, 5) is 33.6. The van der Waals surface area contributed by atoms with Gasteiger partial charge in [0.25, 0.3) is 0 Å². The van der Waals surface area contributed by atoms with Crippen molar-refractivity contribution < 1.29 is 22.7 Å². The summed E-state index contributed by atoms with van der Waals surface area (Å²) >= 11 is 0. The van der Waals surface area contributed by atoms with Crippen LogP contribution in [0.3, 0.4) is 0 Å². The number of nitrogens with one attached hydrogen (secondary N) is 2. The number of benzene rings is 3. The van der Waals surface area contributed by atoms with Gasteiger partial charge in [0.05, 0.1) is 12.0 Å². The number of methoxy groups -OCH3 is 1. The SMILES string of the molecule is CCNS(=O)(=O)c1ccc(CCC(=O)N(Cc2ccc(OC)cc2)[C@@H](C(=O)NCc2ccncc2)c2ccccc2)cc1. The van der Waals surface area contributed by atoms with Gasteiger partial charge in [-0.25, -0.2) is 13.1 Å². The van der Waals surface area contributed by atoms with Crippen molar-refractivity contribution in [3.8, 4) is 5.75 Å². The molecule has 0 bridgehead atoms. The van der Waals surface area contributed by atoms with E-state index in [9.17, 15) is 18.0 Å². The number of hydrogen-bond acceptors (Lipinski definition) is 6. The zero-order valence-corrected chi connectivity index (χ0v) is 25.1. The van der Waals surface area contributed by atoms with Gasteiger partial charge in [-0.1, -0.05) is 61.5 Å². The third-order valence-electron chi connectivity index (χ3n) is 6.92. The first-order valence-corrected chi connectivity index (χ1v) is 15.5. The first kappa shape index (κ1) is 31.4. The zero-order valence-electron chi connectivity index (χ0n) is 24.3. The van der Waals surface area contributed by atoms with Crippen LogP contribution in [0.5, 0.6) is 5.75 Å². The number of nitrogens with zero attached hydrogens (tertiary/aromatic N) is 2. The van der Waals surface area contributed by atoms with Gasteiger partial charge in [-0.2, -0.15) is 0 Å². The Morgan fingerprint density at radius 1 is 0.860 bits per heavy atom. The van der Waals surface area contributed by atoms with Gasteiger partial charge in [-0.3, -0.25) is 14.6 Å². The van der Waals surface area contributed by atoms with Crippen molar-refractivity contribution in [3.63, 3.8) is 0 Å². The Morgan fingerprint density at radius 3 is 2.14 bits per heavy atom. The van der Waals surface area contributed by atoms with Crippen LogP contribution in [0.1, 0.15) is 41.6 Å². The number of ether oxygens (including phenoxy) is 1. The molecule has 4 aromatic rings. The van der Waals surface area contributed by atoms with Crippen molar-refractivity contribution in [1.29, 1.82) is 0 Å². The summed E-state index contributed by atoms with van der Waals surface area (Å²) in [5.74, 6) is 0.173. The number of hydrogen-bond donors (Lipinski definition) is 2. The fraction of sp³-hybridized carbons (Fsp3) is 0.242. The van der Waals surface area contributed by atoms with Gasteiger partial charge in [0.15, 0.2) is 0 Å². The van der Waals surface area contributed by atoms with E-state index in [-0.39, 0.29) is 36.2 Å². The molecule has 10 heteroatoms. The van der Waals surface area contributed by atoms with E-state index in [4.69, 9.17) is 4.74 Å². The molecule has 0 saturated carbocycles. The highest BCUT2D eigenvalue weighted by Crippen LogP contribution is 2.26. The lowest BCUT2D eigenvalue weighted by Gasteiger charge is -2.32. The number of rotatable bonds is 14. The van der Waals surface area contributed by atoms with Crippen LogP contribution in [0, 0.1) is 0 Å². The van der Waals surface area contributed by atoms with Crippen LogP contribution < -0.4 is 14.8 Å². The Hall–Kier alpha value is -4.54. The van der Waals surface area contributed by atoms with E-state index in [0.717, 1.165) is 16.7 Å². The minimum atomic E-state index is -3.57. The molecule has 0 aliphatic carbocycles. The second-order valence-electron chi connectivity index (χ2n) is 9.90. The molecule has 2 amide bonds. The van der Waals surface area contributed by atoms with Crippen LogP contribution in [0.25, 0.3) is 0 Å². The van der Waals surface area contributed by atoms with Crippen LogP contribution in [0.2, 0.25) is 0 Å². The monoisotopic (exact) mass is 600 g/mol. The number of sulfonamides is 1. The molecule has 43 heavy (non-hydrogen) atoms. The van der Waals surface area contributed by atoms with Gasteiger partial charge < -0.3 is 15.0 Å². The number of aryl methyl sites for hydroxylation is 1. The number of carbonyl (C=O) groups is 2. The molecule has 0 aliphatic heterocycles. The molecule has 0 fully saturated rings. The molecule has 9 nitrogen and oxygen atoms in total. The van der Waals surface area contributed by atoms with Crippen molar-refractivity contribution in [1.82, 2.24) is 19.9 Å². The molecule has 0 spiro atoms. The quantitative estimate of drug-likeness (QED) is 0.222. The highest BCUT2D eigenvalue weighted by Gasteiger charge is 2.31. The van der Waals surface area contributed by atoms with E-state index < -0.39 is 16.1 Å². The highest BCUT2D eigenvalue weighted by atomic mass is 32.2. The van der Waals surface area contributed by atoms with Crippen molar-refractivity contribution >= 4 is 21.8 Å². The van der Waals surface area contributed by atoms with Crippen LogP contribution >= 0.6 is 0 Å². The largest absolute Gasteiger partial charge is 0.497 e. The summed E-state index contributed by atoms with van der Waals surface area (Å²) in [5, 5.41) is 3.00. The van der Waals surface area contributed by atoms with Crippen molar-refractivity contribution in [2.75, 3.05) is 13.7 Å². The Bertz CT molecular complexity index is 1580. The van der Waals surface area contributed by atoms with Crippen LogP contribution in [0.15, 0.2) is 108 Å². The second kappa shape index (κ2) is 15.1. The lowest BCUT2D eigenvalue weighted by atomic mass is 10.0. The Labute approximate surface area is 253 Å². The van der Waals surface area contributed by atoms with Crippen molar-refractivity contribution in [2.45, 2.75) is 43.8 Å². The Kier molecular flexibility index (Phi) is 11.0. The minimum Gasteiger partial charge on any atom is -0.497 e. The first-order chi connectivity index (χ1) is 20.8. The van der Waals surface area contributed by atoms with Crippen molar-refractivity contribution in [2.24, 2.45) is 0 Å². The zero-order chi connectivity index (χ0) is 30.7. The van der Waals surface area contributed by atoms with E-state index in [0.29, 0.717) is 24.3 Å². The summed E-state index contributed by atoms with van der Waals surface area (Å²) < 4.78 is 32.4. The van der Waals surface area contributed by atoms with Crippen molar-refractivity contribution in [3.05, 3.63) is 126 Å². The maximum absolute atomic E-state index is 14.0. The van der Waals surface area contributed by atoms with E-state index in [2.05, 4.69) is 15.0 Å². The lowest BCUT2D eigenvalue weighted by Crippen LogP contribution is -2.43. The summed E-state index contributed by atoms with van der Waals surface area (Å²) in [6, 6.07) is 25.9. The molecule has 1 aromatic heterocycles. The summed E-state index contributed by atoms with van der Waals surface area (Å²) in [7, 11) is -1.98. The van der Waals surface area contributed by atoms with Crippen LogP contribution in [-0.4, -0.2) is 43.8 Å². The third-order valence-corrected chi connectivity index (χ3v) is 8.48. The van der Waals surface area contributed by atoms with E-state index in [1.807, 2.05) is 66.7 Å². The highest BCUT2D eigenvalue weighted by molar-refractivity contribution is 7.89. The average molecular weight is 601 g/mol. The molecule has 0 unspecified atom stereocenters. The molecule has 0 saturated heterocycles. The first-order valence-electron chi connectivity index (χ1n) is 14.0. The molecular formula is C33H36N4O5S. The molecule has 2 N–H and O–H groups in total. The maximum Gasteiger partial charge on any atom is 0.247 e. The smallest absolute Gasteiger partial charge is 0.247 e. The standard InChI is InChI=1S/C33H36N4O5S/c1-3-36-43(40,41)30-16-11-25(12-17-30)13-18-31(38)37(24-27-9-14-29(42-2)15-10-27)32(28-7-5-4-6-8-28)33(39)35-23-26-19-21-34-22-20-26/h4-12,14-17,19-22,32,36H,3,13,18,23-24H2,1-2H3,(H,35,39)/t32-/m1/s1. The average Bonchev–Trinajstić information content (AvgIpc) is 3.04. The number of carbonyl (C=O) groups excluding carboxylic acids is 2. The molecule has 0 radical (unpaired) electrons. The Balaban J connectivity index is 1.60. The third kappa shape index (κ3) is 8.73. The van der Waals surface area contributed by atoms with Gasteiger partial charge in [0.2, 0.25) is 21.8 Å². The minimum absolute atomic E-state index is 0.121. The molecule has 4 rings (SSSR count). The van der Waals surface area contributed by atoms with E-state index >= 15 is 0 Å². The van der Waals surface area contributed by atoms with Gasteiger partial charge >= 0.3 is 0 Å². The number of aromatic nitrogens is 1.